The fourth-order valence-corrected chi connectivity index (χ4v) is 2.31. The molecule has 0 saturated carbocycles. The van der Waals surface area contributed by atoms with Crippen LogP contribution in [-0.2, 0) is 15.8 Å². The van der Waals surface area contributed by atoms with Gasteiger partial charge in [0, 0.05) is 13.1 Å². The van der Waals surface area contributed by atoms with Crippen molar-refractivity contribution >= 4 is 16.4 Å². The van der Waals surface area contributed by atoms with Gasteiger partial charge in [0.15, 0.2) is 0 Å². The second-order valence-corrected chi connectivity index (χ2v) is 5.32. The summed E-state index contributed by atoms with van der Waals surface area (Å²) in [5.74, 6) is -0.0500. The molecular weight excluding hydrogens is 236 g/mol. The molecule has 0 radical (unpaired) electrons. The Morgan fingerprint density at radius 2 is 1.76 bits per heavy atom. The second-order valence-electron chi connectivity index (χ2n) is 3.65. The summed E-state index contributed by atoms with van der Waals surface area (Å²) in [7, 11) is -3.42. The zero-order chi connectivity index (χ0) is 12.7. The number of hydrogen-bond acceptors (Lipinski definition) is 2. The minimum atomic E-state index is -3.42. The van der Waals surface area contributed by atoms with Crippen molar-refractivity contribution in [3.63, 3.8) is 0 Å². The Labute approximate surface area is 103 Å². The van der Waals surface area contributed by atoms with Crippen LogP contribution in [0.3, 0.4) is 0 Å². The molecule has 0 atom stereocenters. The number of rotatable bonds is 6. The Morgan fingerprint density at radius 1 is 1.18 bits per heavy atom. The average Bonchev–Trinajstić information content (AvgIpc) is 2.31. The molecule has 0 aliphatic rings. The van der Waals surface area contributed by atoms with E-state index in [-0.39, 0.29) is 5.75 Å². The lowest BCUT2D eigenvalue weighted by atomic mass is 10.2. The molecule has 0 N–H and O–H groups in total. The molecule has 1 aromatic carbocycles. The third-order valence-corrected chi connectivity index (χ3v) is 3.49. The first kappa shape index (κ1) is 13.7. The van der Waals surface area contributed by atoms with Gasteiger partial charge in [-0.25, -0.2) is 8.42 Å². The highest BCUT2D eigenvalue weighted by Gasteiger charge is 2.08. The lowest BCUT2D eigenvalue weighted by molar-refractivity contribution is 0.480. The molecule has 0 heterocycles. The molecule has 0 saturated heterocycles. The highest BCUT2D eigenvalue weighted by atomic mass is 32.2. The fourth-order valence-electron chi connectivity index (χ4n) is 1.35. The number of benzene rings is 1. The van der Waals surface area contributed by atoms with Crippen LogP contribution in [0, 0.1) is 0 Å². The van der Waals surface area contributed by atoms with Crippen molar-refractivity contribution in [2.45, 2.75) is 19.6 Å². The smallest absolute Gasteiger partial charge is 0.258 e. The van der Waals surface area contributed by atoms with E-state index in [1.165, 1.54) is 6.34 Å². The summed E-state index contributed by atoms with van der Waals surface area (Å²) in [5.41, 5.74) is 0.754. The Morgan fingerprint density at radius 3 is 2.29 bits per heavy atom. The summed E-state index contributed by atoms with van der Waals surface area (Å²) < 4.78 is 27.1. The molecule has 0 aliphatic carbocycles. The number of hydrogen-bond donors (Lipinski definition) is 0. The van der Waals surface area contributed by atoms with E-state index in [1.807, 2.05) is 36.9 Å². The van der Waals surface area contributed by atoms with Crippen molar-refractivity contribution in [3.8, 4) is 0 Å². The molecule has 0 aromatic heterocycles. The van der Waals surface area contributed by atoms with Crippen molar-refractivity contribution < 1.29 is 8.42 Å². The largest absolute Gasteiger partial charge is 0.362 e. The van der Waals surface area contributed by atoms with Crippen LogP contribution < -0.4 is 0 Å². The van der Waals surface area contributed by atoms with Gasteiger partial charge in [-0.2, -0.15) is 4.40 Å². The Balaban J connectivity index is 2.70. The van der Waals surface area contributed by atoms with Crippen LogP contribution in [0.2, 0.25) is 0 Å². The number of nitrogens with zero attached hydrogens (tertiary/aromatic N) is 2. The van der Waals surface area contributed by atoms with Crippen LogP contribution in [-0.4, -0.2) is 32.7 Å². The van der Waals surface area contributed by atoms with Crippen LogP contribution in [0.15, 0.2) is 34.7 Å². The van der Waals surface area contributed by atoms with Gasteiger partial charge in [-0.3, -0.25) is 0 Å². The van der Waals surface area contributed by atoms with Gasteiger partial charge in [0.05, 0.1) is 5.75 Å². The van der Waals surface area contributed by atoms with Crippen LogP contribution in [0.25, 0.3) is 0 Å². The van der Waals surface area contributed by atoms with Gasteiger partial charge >= 0.3 is 0 Å². The maximum atomic E-state index is 11.7. The van der Waals surface area contributed by atoms with Crippen LogP contribution in [0.5, 0.6) is 0 Å². The lowest BCUT2D eigenvalue weighted by Gasteiger charge is -2.13. The van der Waals surface area contributed by atoms with E-state index in [0.29, 0.717) is 0 Å². The Hall–Kier alpha value is -1.36. The predicted octanol–water partition coefficient (Wildman–Crippen LogP) is 1.89. The molecule has 17 heavy (non-hydrogen) atoms. The molecule has 5 heteroatoms. The Kier molecular flexibility index (Phi) is 5.15. The molecule has 0 amide bonds. The molecule has 0 spiro atoms. The molecule has 0 aliphatic heterocycles. The third kappa shape index (κ3) is 4.99. The SMILES string of the molecule is CCN(C=NS(=O)(=O)Cc1ccccc1)CC. The van der Waals surface area contributed by atoms with Gasteiger partial charge in [0.25, 0.3) is 10.0 Å². The first-order chi connectivity index (χ1) is 8.07. The molecule has 1 aromatic rings. The molecule has 94 valence electrons. The van der Waals surface area contributed by atoms with Gasteiger partial charge in [0.1, 0.15) is 6.34 Å². The summed E-state index contributed by atoms with van der Waals surface area (Å²) in [6, 6.07) is 9.06. The van der Waals surface area contributed by atoms with Gasteiger partial charge in [-0.15, -0.1) is 0 Å². The molecule has 1 rings (SSSR count). The van der Waals surface area contributed by atoms with Gasteiger partial charge in [-0.05, 0) is 19.4 Å². The Bertz CT molecular complexity index is 451. The maximum Gasteiger partial charge on any atom is 0.258 e. The first-order valence-electron chi connectivity index (χ1n) is 5.63. The zero-order valence-electron chi connectivity index (χ0n) is 10.2. The average molecular weight is 254 g/mol. The van der Waals surface area contributed by atoms with Crippen LogP contribution in [0.1, 0.15) is 19.4 Å². The molecule has 0 fully saturated rings. The summed E-state index contributed by atoms with van der Waals surface area (Å²) in [4.78, 5) is 1.84. The summed E-state index contributed by atoms with van der Waals surface area (Å²) >= 11 is 0. The van der Waals surface area contributed by atoms with Gasteiger partial charge in [-0.1, -0.05) is 30.3 Å². The summed E-state index contributed by atoms with van der Waals surface area (Å²) in [6.45, 7) is 5.42. The third-order valence-electron chi connectivity index (χ3n) is 2.38. The predicted molar refractivity (Wildman–Crippen MR) is 70.5 cm³/mol. The van der Waals surface area contributed by atoms with Crippen LogP contribution >= 0.6 is 0 Å². The van der Waals surface area contributed by atoms with E-state index >= 15 is 0 Å². The van der Waals surface area contributed by atoms with Crippen molar-refractivity contribution in [1.29, 1.82) is 0 Å². The van der Waals surface area contributed by atoms with Crippen molar-refractivity contribution in [2.75, 3.05) is 13.1 Å². The summed E-state index contributed by atoms with van der Waals surface area (Å²) in [6.07, 6.45) is 1.40. The first-order valence-corrected chi connectivity index (χ1v) is 7.24. The lowest BCUT2D eigenvalue weighted by Crippen LogP contribution is -2.21. The van der Waals surface area contributed by atoms with E-state index < -0.39 is 10.0 Å². The maximum absolute atomic E-state index is 11.7. The molecule has 4 nitrogen and oxygen atoms in total. The topological polar surface area (TPSA) is 49.7 Å². The zero-order valence-corrected chi connectivity index (χ0v) is 11.0. The molecule has 0 bridgehead atoms. The highest BCUT2D eigenvalue weighted by molar-refractivity contribution is 7.89. The van der Waals surface area contributed by atoms with E-state index in [9.17, 15) is 8.42 Å². The molecule has 0 unspecified atom stereocenters. The highest BCUT2D eigenvalue weighted by Crippen LogP contribution is 2.06. The van der Waals surface area contributed by atoms with Crippen molar-refractivity contribution in [3.05, 3.63) is 35.9 Å². The van der Waals surface area contributed by atoms with Crippen LogP contribution in [0.4, 0.5) is 0 Å². The normalized spacial score (nSPS) is 11.9. The van der Waals surface area contributed by atoms with Crippen molar-refractivity contribution in [2.24, 2.45) is 4.40 Å². The summed E-state index contributed by atoms with van der Waals surface area (Å²) in [5, 5.41) is 0. The van der Waals surface area contributed by atoms with Crippen molar-refractivity contribution in [1.82, 2.24) is 4.90 Å². The van der Waals surface area contributed by atoms with E-state index in [4.69, 9.17) is 0 Å². The standard InChI is InChI=1S/C12H18N2O2S/c1-3-14(4-2)11-13-17(15,16)10-12-8-6-5-7-9-12/h5-9,11H,3-4,10H2,1-2H3. The van der Waals surface area contributed by atoms with E-state index in [2.05, 4.69) is 4.40 Å². The van der Waals surface area contributed by atoms with Gasteiger partial charge in [0.2, 0.25) is 0 Å². The second kappa shape index (κ2) is 6.39. The van der Waals surface area contributed by atoms with E-state index in [0.717, 1.165) is 18.7 Å². The molecular formula is C12H18N2O2S. The van der Waals surface area contributed by atoms with Gasteiger partial charge < -0.3 is 4.90 Å². The monoisotopic (exact) mass is 254 g/mol. The minimum Gasteiger partial charge on any atom is -0.362 e. The fraction of sp³-hybridized carbons (Fsp3) is 0.417. The minimum absolute atomic E-state index is 0.0500. The van der Waals surface area contributed by atoms with E-state index in [1.54, 1.807) is 12.1 Å². The quantitative estimate of drug-likeness (QED) is 0.575. The number of sulfonamides is 1.